The summed E-state index contributed by atoms with van der Waals surface area (Å²) in [4.78, 5) is 10.9. The van der Waals surface area contributed by atoms with Crippen molar-refractivity contribution in [2.45, 2.75) is 40.0 Å². The number of allylic oxidation sites excluding steroid dienone is 5. The standard InChI is InChI=1S/C13H18O2/c1-4-5-6-7-12-10(2)8-9-13(12)15-11(3)14/h5-6,9H,4,7-8H2,1-3H3/b6-5+. The fourth-order valence-corrected chi connectivity index (χ4v) is 1.60. The third-order valence-electron chi connectivity index (χ3n) is 2.38. The molecule has 2 nitrogen and oxygen atoms in total. The molecule has 1 rings (SSSR count). The van der Waals surface area contributed by atoms with E-state index in [4.69, 9.17) is 4.74 Å². The maximum absolute atomic E-state index is 10.9. The summed E-state index contributed by atoms with van der Waals surface area (Å²) in [7, 11) is 0. The molecule has 0 atom stereocenters. The summed E-state index contributed by atoms with van der Waals surface area (Å²) in [5.41, 5.74) is 2.46. The fraction of sp³-hybridized carbons (Fsp3) is 0.462. The molecule has 0 heterocycles. The minimum atomic E-state index is -0.243. The topological polar surface area (TPSA) is 26.3 Å². The van der Waals surface area contributed by atoms with Gasteiger partial charge in [0.2, 0.25) is 0 Å². The Morgan fingerprint density at radius 2 is 2.27 bits per heavy atom. The van der Waals surface area contributed by atoms with Gasteiger partial charge in [-0.25, -0.2) is 0 Å². The van der Waals surface area contributed by atoms with E-state index in [-0.39, 0.29) is 5.97 Å². The van der Waals surface area contributed by atoms with Crippen LogP contribution in [0.5, 0.6) is 0 Å². The van der Waals surface area contributed by atoms with E-state index in [0.717, 1.165) is 30.6 Å². The second kappa shape index (κ2) is 5.54. The second-order valence-corrected chi connectivity index (χ2v) is 3.71. The minimum Gasteiger partial charge on any atom is -0.427 e. The predicted octanol–water partition coefficient (Wildman–Crippen LogP) is 3.51. The van der Waals surface area contributed by atoms with Crippen molar-refractivity contribution in [3.63, 3.8) is 0 Å². The van der Waals surface area contributed by atoms with Gasteiger partial charge in [-0.2, -0.15) is 0 Å². The van der Waals surface area contributed by atoms with Gasteiger partial charge >= 0.3 is 5.97 Å². The van der Waals surface area contributed by atoms with Crippen LogP contribution in [-0.2, 0) is 9.53 Å². The van der Waals surface area contributed by atoms with Crippen molar-refractivity contribution in [1.29, 1.82) is 0 Å². The molecule has 0 radical (unpaired) electrons. The molecule has 0 bridgehead atoms. The van der Waals surface area contributed by atoms with E-state index in [2.05, 4.69) is 26.0 Å². The maximum atomic E-state index is 10.9. The van der Waals surface area contributed by atoms with Crippen LogP contribution in [0.1, 0.15) is 40.0 Å². The van der Waals surface area contributed by atoms with Crippen molar-refractivity contribution >= 4 is 5.97 Å². The molecule has 0 fully saturated rings. The van der Waals surface area contributed by atoms with Crippen molar-refractivity contribution in [3.8, 4) is 0 Å². The molecule has 2 heteroatoms. The number of hydrogen-bond donors (Lipinski definition) is 0. The largest absolute Gasteiger partial charge is 0.427 e. The first-order valence-electron chi connectivity index (χ1n) is 5.37. The maximum Gasteiger partial charge on any atom is 0.308 e. The van der Waals surface area contributed by atoms with Gasteiger partial charge in [0.15, 0.2) is 0 Å². The molecule has 1 aliphatic rings. The molecule has 0 saturated carbocycles. The first-order valence-corrected chi connectivity index (χ1v) is 5.37. The van der Waals surface area contributed by atoms with E-state index in [1.165, 1.54) is 12.5 Å². The van der Waals surface area contributed by atoms with Gasteiger partial charge in [-0.1, -0.05) is 24.6 Å². The summed E-state index contributed by atoms with van der Waals surface area (Å²) in [5.74, 6) is 0.508. The minimum absolute atomic E-state index is 0.243. The van der Waals surface area contributed by atoms with E-state index in [0.29, 0.717) is 0 Å². The molecule has 0 spiro atoms. The van der Waals surface area contributed by atoms with Crippen LogP contribution in [0, 0.1) is 0 Å². The summed E-state index contributed by atoms with van der Waals surface area (Å²) in [5, 5.41) is 0. The number of esters is 1. The zero-order chi connectivity index (χ0) is 11.3. The van der Waals surface area contributed by atoms with Gasteiger partial charge in [-0.05, 0) is 37.8 Å². The van der Waals surface area contributed by atoms with E-state index in [1.807, 2.05) is 6.08 Å². The van der Waals surface area contributed by atoms with Crippen molar-refractivity contribution in [2.75, 3.05) is 0 Å². The molecule has 0 aromatic heterocycles. The molecule has 0 amide bonds. The molecule has 82 valence electrons. The lowest BCUT2D eigenvalue weighted by Crippen LogP contribution is -1.99. The summed E-state index contributed by atoms with van der Waals surface area (Å²) in [6, 6.07) is 0. The van der Waals surface area contributed by atoms with Crippen molar-refractivity contribution < 1.29 is 9.53 Å². The van der Waals surface area contributed by atoms with Gasteiger partial charge in [0.05, 0.1) is 0 Å². The molecule has 0 unspecified atom stereocenters. The smallest absolute Gasteiger partial charge is 0.308 e. The lowest BCUT2D eigenvalue weighted by Gasteiger charge is -2.07. The van der Waals surface area contributed by atoms with Crippen LogP contribution < -0.4 is 0 Å². The SMILES string of the molecule is CC/C=C/CC1=C(C)CC=C1OC(C)=O. The summed E-state index contributed by atoms with van der Waals surface area (Å²) < 4.78 is 5.16. The van der Waals surface area contributed by atoms with E-state index in [9.17, 15) is 4.79 Å². The Morgan fingerprint density at radius 1 is 1.53 bits per heavy atom. The highest BCUT2D eigenvalue weighted by Gasteiger charge is 2.16. The van der Waals surface area contributed by atoms with Crippen LogP contribution in [0.3, 0.4) is 0 Å². The predicted molar refractivity (Wildman–Crippen MR) is 61.2 cm³/mol. The van der Waals surface area contributed by atoms with Crippen molar-refractivity contribution in [2.24, 2.45) is 0 Å². The molecule has 1 aliphatic carbocycles. The molecule has 15 heavy (non-hydrogen) atoms. The van der Waals surface area contributed by atoms with Crippen molar-refractivity contribution in [3.05, 3.63) is 35.1 Å². The average Bonchev–Trinajstić information content (AvgIpc) is 2.49. The van der Waals surface area contributed by atoms with Crippen LogP contribution in [0.25, 0.3) is 0 Å². The monoisotopic (exact) mass is 206 g/mol. The van der Waals surface area contributed by atoms with Gasteiger partial charge in [0.25, 0.3) is 0 Å². The second-order valence-electron chi connectivity index (χ2n) is 3.71. The Morgan fingerprint density at radius 3 is 2.87 bits per heavy atom. The van der Waals surface area contributed by atoms with Crippen LogP contribution in [-0.4, -0.2) is 5.97 Å². The Labute approximate surface area is 91.3 Å². The van der Waals surface area contributed by atoms with Crippen LogP contribution in [0.4, 0.5) is 0 Å². The van der Waals surface area contributed by atoms with E-state index < -0.39 is 0 Å². The number of hydrogen-bond acceptors (Lipinski definition) is 2. The zero-order valence-corrected chi connectivity index (χ0v) is 9.67. The lowest BCUT2D eigenvalue weighted by molar-refractivity contribution is -0.136. The molecule has 0 aromatic rings. The van der Waals surface area contributed by atoms with E-state index in [1.54, 1.807) is 0 Å². The third kappa shape index (κ3) is 3.39. The molecular weight excluding hydrogens is 188 g/mol. The highest BCUT2D eigenvalue weighted by molar-refractivity contribution is 5.68. The summed E-state index contributed by atoms with van der Waals surface area (Å²) in [6.45, 7) is 5.63. The van der Waals surface area contributed by atoms with Gasteiger partial charge in [0, 0.05) is 6.92 Å². The highest BCUT2D eigenvalue weighted by atomic mass is 16.5. The Balaban J connectivity index is 2.66. The molecule has 0 aromatic carbocycles. The quantitative estimate of drug-likeness (QED) is 0.519. The number of rotatable bonds is 4. The Bertz CT molecular complexity index is 332. The number of carbonyl (C=O) groups excluding carboxylic acids is 1. The van der Waals surface area contributed by atoms with Crippen LogP contribution >= 0.6 is 0 Å². The van der Waals surface area contributed by atoms with Crippen molar-refractivity contribution in [1.82, 2.24) is 0 Å². The van der Waals surface area contributed by atoms with Gasteiger partial charge < -0.3 is 4.74 Å². The number of carbonyl (C=O) groups is 1. The summed E-state index contributed by atoms with van der Waals surface area (Å²) >= 11 is 0. The molecule has 0 saturated heterocycles. The molecule has 0 aliphatic heterocycles. The number of ether oxygens (including phenoxy) is 1. The normalized spacial score (nSPS) is 16.1. The van der Waals surface area contributed by atoms with Crippen LogP contribution in [0.2, 0.25) is 0 Å². The zero-order valence-electron chi connectivity index (χ0n) is 9.67. The van der Waals surface area contributed by atoms with Gasteiger partial charge in [0.1, 0.15) is 5.76 Å². The Hall–Kier alpha value is -1.31. The Kier molecular flexibility index (Phi) is 4.35. The third-order valence-corrected chi connectivity index (χ3v) is 2.38. The summed E-state index contributed by atoms with van der Waals surface area (Å²) in [6.07, 6.45) is 9.03. The van der Waals surface area contributed by atoms with Gasteiger partial charge in [-0.3, -0.25) is 4.79 Å². The first-order chi connectivity index (χ1) is 7.15. The average molecular weight is 206 g/mol. The van der Waals surface area contributed by atoms with Crippen LogP contribution in [0.15, 0.2) is 35.1 Å². The molecule has 0 N–H and O–H groups in total. The first kappa shape index (κ1) is 11.8. The highest BCUT2D eigenvalue weighted by Crippen LogP contribution is 2.29. The van der Waals surface area contributed by atoms with Gasteiger partial charge in [-0.15, -0.1) is 0 Å². The fourth-order valence-electron chi connectivity index (χ4n) is 1.60. The van der Waals surface area contributed by atoms with E-state index >= 15 is 0 Å². The molecular formula is C13H18O2. The lowest BCUT2D eigenvalue weighted by atomic mass is 10.1.